The number of H-pyrrole nitrogens is 1. The minimum absolute atomic E-state index is 0.0135. The van der Waals surface area contributed by atoms with Gasteiger partial charge in [-0.3, -0.25) is 14.5 Å². The van der Waals surface area contributed by atoms with E-state index < -0.39 is 0 Å². The zero-order valence-corrected chi connectivity index (χ0v) is 16.0. The molecule has 2 fully saturated rings. The van der Waals surface area contributed by atoms with Gasteiger partial charge in [0.1, 0.15) is 0 Å². The van der Waals surface area contributed by atoms with Crippen molar-refractivity contribution >= 4 is 17.7 Å². The van der Waals surface area contributed by atoms with Crippen LogP contribution in [-0.2, 0) is 4.79 Å². The fraction of sp³-hybridized carbons (Fsp3) is 0.722. The Balaban J connectivity index is 1.58. The molecule has 2 N–H and O–H groups in total. The van der Waals surface area contributed by atoms with Gasteiger partial charge in [-0.2, -0.15) is 0 Å². The SMILES string of the molecule is Cc1cc(=O)[nH]c(SC(C)C(=O)NCC2(N3CCCC3)CCCC2)n1. The van der Waals surface area contributed by atoms with Crippen molar-refractivity contribution in [1.29, 1.82) is 0 Å². The molecule has 138 valence electrons. The van der Waals surface area contributed by atoms with Crippen molar-refractivity contribution in [1.82, 2.24) is 20.2 Å². The summed E-state index contributed by atoms with van der Waals surface area (Å²) in [6.07, 6.45) is 7.42. The number of thioether (sulfide) groups is 1. The van der Waals surface area contributed by atoms with Crippen LogP contribution in [0, 0.1) is 6.92 Å². The summed E-state index contributed by atoms with van der Waals surface area (Å²) in [4.78, 5) is 33.7. The van der Waals surface area contributed by atoms with E-state index in [-0.39, 0.29) is 22.3 Å². The van der Waals surface area contributed by atoms with Gasteiger partial charge in [-0.25, -0.2) is 4.98 Å². The Morgan fingerprint density at radius 1 is 1.36 bits per heavy atom. The van der Waals surface area contributed by atoms with Crippen molar-refractivity contribution in [3.05, 3.63) is 22.1 Å². The molecule has 25 heavy (non-hydrogen) atoms. The van der Waals surface area contributed by atoms with Crippen LogP contribution in [0.5, 0.6) is 0 Å². The first-order chi connectivity index (χ1) is 12.0. The third kappa shape index (κ3) is 4.44. The minimum atomic E-state index is -0.290. The smallest absolute Gasteiger partial charge is 0.251 e. The number of likely N-dealkylation sites (tertiary alicyclic amines) is 1. The maximum absolute atomic E-state index is 12.6. The molecule has 1 atom stereocenters. The number of aromatic amines is 1. The van der Waals surface area contributed by atoms with Gasteiger partial charge in [0.05, 0.1) is 5.25 Å². The number of nitrogens with zero attached hydrogens (tertiary/aromatic N) is 2. The summed E-state index contributed by atoms with van der Waals surface area (Å²) in [5.74, 6) is 0.0135. The Bertz CT molecular complexity index is 663. The van der Waals surface area contributed by atoms with Crippen LogP contribution in [0.4, 0.5) is 0 Å². The van der Waals surface area contributed by atoms with Gasteiger partial charge in [0.25, 0.3) is 5.56 Å². The Morgan fingerprint density at radius 3 is 2.68 bits per heavy atom. The molecular formula is C18H28N4O2S. The van der Waals surface area contributed by atoms with Crippen molar-refractivity contribution in [2.45, 2.75) is 68.3 Å². The second-order valence-corrected chi connectivity index (χ2v) is 8.62. The van der Waals surface area contributed by atoms with Crippen LogP contribution >= 0.6 is 11.8 Å². The van der Waals surface area contributed by atoms with Gasteiger partial charge < -0.3 is 10.3 Å². The quantitative estimate of drug-likeness (QED) is 0.597. The first-order valence-electron chi connectivity index (χ1n) is 9.26. The average molecular weight is 365 g/mol. The van der Waals surface area contributed by atoms with E-state index >= 15 is 0 Å². The molecule has 2 aliphatic rings. The summed E-state index contributed by atoms with van der Waals surface area (Å²) in [7, 11) is 0. The molecule has 1 saturated heterocycles. The molecule has 1 aromatic rings. The Labute approximate surface area is 153 Å². The maximum Gasteiger partial charge on any atom is 0.251 e. The van der Waals surface area contributed by atoms with E-state index in [0.717, 1.165) is 19.6 Å². The summed E-state index contributed by atoms with van der Waals surface area (Å²) < 4.78 is 0. The largest absolute Gasteiger partial charge is 0.353 e. The number of amides is 1. The molecule has 1 unspecified atom stereocenters. The second-order valence-electron chi connectivity index (χ2n) is 7.30. The van der Waals surface area contributed by atoms with Crippen molar-refractivity contribution in [3.8, 4) is 0 Å². The summed E-state index contributed by atoms with van der Waals surface area (Å²) >= 11 is 1.30. The zero-order chi connectivity index (χ0) is 17.9. The maximum atomic E-state index is 12.6. The Hall–Kier alpha value is -1.34. The standard InChI is InChI=1S/C18H28N4O2S/c1-13-11-15(23)21-17(20-13)25-14(2)16(24)19-12-18(7-3-4-8-18)22-9-5-6-10-22/h11,14H,3-10,12H2,1-2H3,(H,19,24)(H,20,21,23). The molecule has 0 radical (unpaired) electrons. The number of aromatic nitrogens is 2. The van der Waals surface area contributed by atoms with E-state index in [4.69, 9.17) is 0 Å². The molecule has 0 aromatic carbocycles. The highest BCUT2D eigenvalue weighted by Crippen LogP contribution is 2.37. The van der Waals surface area contributed by atoms with Crippen LogP contribution < -0.4 is 10.9 Å². The van der Waals surface area contributed by atoms with Gasteiger partial charge in [0.15, 0.2) is 5.16 Å². The average Bonchev–Trinajstić information content (AvgIpc) is 3.23. The van der Waals surface area contributed by atoms with E-state index in [0.29, 0.717) is 10.9 Å². The summed E-state index contributed by atoms with van der Waals surface area (Å²) in [6.45, 7) is 6.70. The Morgan fingerprint density at radius 2 is 2.04 bits per heavy atom. The van der Waals surface area contributed by atoms with Crippen LogP contribution in [0.2, 0.25) is 0 Å². The molecule has 0 spiro atoms. The van der Waals surface area contributed by atoms with Crippen LogP contribution in [0.15, 0.2) is 16.0 Å². The predicted octanol–water partition coefficient (Wildman–Crippen LogP) is 2.08. The van der Waals surface area contributed by atoms with E-state index in [1.165, 1.54) is 56.4 Å². The summed E-state index contributed by atoms with van der Waals surface area (Å²) in [5, 5.41) is 3.38. The third-order valence-corrected chi connectivity index (χ3v) is 6.39. The highest BCUT2D eigenvalue weighted by Gasteiger charge is 2.40. The highest BCUT2D eigenvalue weighted by molar-refractivity contribution is 8.00. The number of rotatable bonds is 6. The fourth-order valence-corrected chi connectivity index (χ4v) is 4.93. The summed E-state index contributed by atoms with van der Waals surface area (Å²) in [6, 6.07) is 1.45. The van der Waals surface area contributed by atoms with Gasteiger partial charge in [-0.15, -0.1) is 0 Å². The molecular weight excluding hydrogens is 336 g/mol. The lowest BCUT2D eigenvalue weighted by Gasteiger charge is -2.39. The Kier molecular flexibility index (Phi) is 5.84. The van der Waals surface area contributed by atoms with Crippen molar-refractivity contribution in [3.63, 3.8) is 0 Å². The minimum Gasteiger partial charge on any atom is -0.353 e. The molecule has 1 amide bonds. The number of hydrogen-bond donors (Lipinski definition) is 2. The topological polar surface area (TPSA) is 78.1 Å². The number of carbonyl (C=O) groups is 1. The number of hydrogen-bond acceptors (Lipinski definition) is 5. The van der Waals surface area contributed by atoms with Crippen molar-refractivity contribution < 1.29 is 4.79 Å². The molecule has 1 aromatic heterocycles. The monoisotopic (exact) mass is 364 g/mol. The number of nitrogens with one attached hydrogen (secondary N) is 2. The lowest BCUT2D eigenvalue weighted by Crippen LogP contribution is -2.53. The second kappa shape index (κ2) is 7.91. The normalized spacial score (nSPS) is 21.4. The first-order valence-corrected chi connectivity index (χ1v) is 10.1. The third-order valence-electron chi connectivity index (χ3n) is 5.41. The van der Waals surface area contributed by atoms with Gasteiger partial charge in [-0.05, 0) is 52.6 Å². The molecule has 1 aliphatic carbocycles. The molecule has 1 aliphatic heterocycles. The molecule has 1 saturated carbocycles. The van der Waals surface area contributed by atoms with Crippen LogP contribution in [0.3, 0.4) is 0 Å². The van der Waals surface area contributed by atoms with Gasteiger partial charge in [-0.1, -0.05) is 24.6 Å². The van der Waals surface area contributed by atoms with E-state index in [1.54, 1.807) is 6.92 Å². The van der Waals surface area contributed by atoms with Crippen LogP contribution in [-0.4, -0.2) is 51.2 Å². The van der Waals surface area contributed by atoms with Crippen LogP contribution in [0.25, 0.3) is 0 Å². The van der Waals surface area contributed by atoms with Gasteiger partial charge in [0, 0.05) is 23.8 Å². The molecule has 2 heterocycles. The van der Waals surface area contributed by atoms with Gasteiger partial charge >= 0.3 is 0 Å². The zero-order valence-electron chi connectivity index (χ0n) is 15.1. The molecule has 0 bridgehead atoms. The number of aryl methyl sites for hydroxylation is 1. The van der Waals surface area contributed by atoms with E-state index in [2.05, 4.69) is 20.2 Å². The van der Waals surface area contributed by atoms with Crippen molar-refractivity contribution in [2.24, 2.45) is 0 Å². The van der Waals surface area contributed by atoms with Crippen molar-refractivity contribution in [2.75, 3.05) is 19.6 Å². The highest BCUT2D eigenvalue weighted by atomic mass is 32.2. The lowest BCUT2D eigenvalue weighted by atomic mass is 9.95. The fourth-order valence-electron chi connectivity index (χ4n) is 4.05. The van der Waals surface area contributed by atoms with E-state index in [1.807, 2.05) is 6.92 Å². The molecule has 6 nitrogen and oxygen atoms in total. The van der Waals surface area contributed by atoms with Gasteiger partial charge in [0.2, 0.25) is 5.91 Å². The van der Waals surface area contributed by atoms with Crippen LogP contribution in [0.1, 0.15) is 51.1 Å². The predicted molar refractivity (Wildman–Crippen MR) is 99.9 cm³/mol. The first kappa shape index (κ1) is 18.5. The molecule has 3 rings (SSSR count). The summed E-state index contributed by atoms with van der Waals surface area (Å²) in [5.41, 5.74) is 0.645. The van der Waals surface area contributed by atoms with E-state index in [9.17, 15) is 9.59 Å². The lowest BCUT2D eigenvalue weighted by molar-refractivity contribution is -0.121. The number of carbonyl (C=O) groups excluding carboxylic acids is 1. The molecule has 7 heteroatoms.